The van der Waals surface area contributed by atoms with Crippen molar-refractivity contribution >= 4 is 62.9 Å². The number of aryl methyl sites for hydroxylation is 1. The molecule has 156 valence electrons. The van der Waals surface area contributed by atoms with Crippen molar-refractivity contribution in [2.75, 3.05) is 0 Å². The maximum Gasteiger partial charge on any atom is 0.266 e. The first-order valence-electron chi connectivity index (χ1n) is 9.76. The highest BCUT2D eigenvalue weighted by atomic mass is 127. The van der Waals surface area contributed by atoms with Crippen LogP contribution >= 0.6 is 46.6 Å². The lowest BCUT2D eigenvalue weighted by Gasteiger charge is -2.14. The molecule has 6 heteroatoms. The second-order valence-electron chi connectivity index (χ2n) is 7.24. The van der Waals surface area contributed by atoms with Crippen LogP contribution in [0.15, 0.2) is 77.7 Å². The number of carbonyl (C=O) groups excluding carboxylic acids is 1. The fourth-order valence-electron chi connectivity index (χ4n) is 3.07. The van der Waals surface area contributed by atoms with Gasteiger partial charge in [0.15, 0.2) is 0 Å². The minimum absolute atomic E-state index is 0.0467. The van der Waals surface area contributed by atoms with Gasteiger partial charge in [-0.05, 0) is 76.5 Å². The Bertz CT molecular complexity index is 1120. The molecule has 1 fully saturated rings. The molecular formula is C25H20INO2S2. The third-order valence-corrected chi connectivity index (χ3v) is 6.93. The summed E-state index contributed by atoms with van der Waals surface area (Å²) in [6.07, 6.45) is 1.89. The fourth-order valence-corrected chi connectivity index (χ4v) is 4.69. The number of hydrogen-bond donors (Lipinski definition) is 0. The lowest BCUT2D eigenvalue weighted by molar-refractivity contribution is -0.122. The largest absolute Gasteiger partial charge is 0.489 e. The van der Waals surface area contributed by atoms with Crippen LogP contribution < -0.4 is 4.74 Å². The lowest BCUT2D eigenvalue weighted by Crippen LogP contribution is -2.27. The van der Waals surface area contributed by atoms with Crippen LogP contribution in [-0.4, -0.2) is 15.1 Å². The zero-order valence-corrected chi connectivity index (χ0v) is 20.7. The van der Waals surface area contributed by atoms with E-state index in [1.54, 1.807) is 4.90 Å². The highest BCUT2D eigenvalue weighted by Gasteiger charge is 2.31. The summed E-state index contributed by atoms with van der Waals surface area (Å²) < 4.78 is 7.66. The molecule has 0 aliphatic carbocycles. The van der Waals surface area contributed by atoms with Crippen LogP contribution in [-0.2, 0) is 17.9 Å². The predicted octanol–water partition coefficient (Wildman–Crippen LogP) is 6.58. The van der Waals surface area contributed by atoms with Crippen molar-refractivity contribution in [1.29, 1.82) is 0 Å². The quantitative estimate of drug-likeness (QED) is 0.195. The topological polar surface area (TPSA) is 29.5 Å². The molecule has 31 heavy (non-hydrogen) atoms. The number of halogens is 1. The van der Waals surface area contributed by atoms with E-state index in [9.17, 15) is 4.79 Å². The Morgan fingerprint density at radius 3 is 2.29 bits per heavy atom. The molecule has 0 aromatic heterocycles. The highest BCUT2D eigenvalue weighted by molar-refractivity contribution is 14.1. The van der Waals surface area contributed by atoms with Gasteiger partial charge in [-0.25, -0.2) is 0 Å². The molecule has 3 nitrogen and oxygen atoms in total. The molecule has 1 amide bonds. The summed E-state index contributed by atoms with van der Waals surface area (Å²) in [5, 5.41) is 0. The van der Waals surface area contributed by atoms with E-state index in [0.717, 1.165) is 22.4 Å². The molecular weight excluding hydrogens is 537 g/mol. The first-order valence-corrected chi connectivity index (χ1v) is 12.1. The summed E-state index contributed by atoms with van der Waals surface area (Å²) >= 11 is 9.09. The van der Waals surface area contributed by atoms with E-state index in [1.165, 1.54) is 20.9 Å². The van der Waals surface area contributed by atoms with E-state index < -0.39 is 0 Å². The molecule has 1 saturated heterocycles. The number of benzene rings is 3. The molecule has 1 aliphatic heterocycles. The third-order valence-electron chi connectivity index (χ3n) is 4.83. The number of ether oxygens (including phenoxy) is 1. The summed E-state index contributed by atoms with van der Waals surface area (Å²) in [6, 6.07) is 24.2. The molecule has 0 unspecified atom stereocenters. The number of hydrogen-bond acceptors (Lipinski definition) is 4. The van der Waals surface area contributed by atoms with Crippen molar-refractivity contribution in [2.45, 2.75) is 20.1 Å². The highest BCUT2D eigenvalue weighted by Crippen LogP contribution is 2.33. The molecule has 1 heterocycles. The van der Waals surface area contributed by atoms with Gasteiger partial charge in [-0.2, -0.15) is 0 Å². The van der Waals surface area contributed by atoms with E-state index in [-0.39, 0.29) is 5.91 Å². The monoisotopic (exact) mass is 557 g/mol. The lowest BCUT2D eigenvalue weighted by atomic mass is 10.1. The van der Waals surface area contributed by atoms with Crippen LogP contribution in [0.4, 0.5) is 0 Å². The van der Waals surface area contributed by atoms with Gasteiger partial charge in [0.1, 0.15) is 16.7 Å². The van der Waals surface area contributed by atoms with Gasteiger partial charge < -0.3 is 4.74 Å². The molecule has 0 spiro atoms. The van der Waals surface area contributed by atoms with Gasteiger partial charge in [-0.3, -0.25) is 9.69 Å². The molecule has 0 atom stereocenters. The summed E-state index contributed by atoms with van der Waals surface area (Å²) in [7, 11) is 0. The summed E-state index contributed by atoms with van der Waals surface area (Å²) in [5.74, 6) is 0.747. The summed E-state index contributed by atoms with van der Waals surface area (Å²) in [4.78, 5) is 15.2. The maximum absolute atomic E-state index is 12.9. The van der Waals surface area contributed by atoms with Gasteiger partial charge >= 0.3 is 0 Å². The number of thioether (sulfide) groups is 1. The Morgan fingerprint density at radius 2 is 1.61 bits per heavy atom. The third kappa shape index (κ3) is 5.75. The van der Waals surface area contributed by atoms with Crippen molar-refractivity contribution in [2.24, 2.45) is 0 Å². The second kappa shape index (κ2) is 9.97. The van der Waals surface area contributed by atoms with Gasteiger partial charge in [0.25, 0.3) is 5.91 Å². The maximum atomic E-state index is 12.9. The SMILES string of the molecule is Cc1ccc(CN2C(=O)/C(=C/c3ccc(OCc4ccc(I)cc4)cc3)SC2=S)cc1. The standard InChI is InChI=1S/C25H20INO2S2/c1-17-2-4-19(5-3-17)15-27-24(28)23(31-25(27)30)14-18-8-12-22(13-9-18)29-16-20-6-10-21(26)11-7-20/h2-14H,15-16H2,1H3/b23-14-. The average Bonchev–Trinajstić information content (AvgIpc) is 3.03. The van der Waals surface area contributed by atoms with E-state index in [4.69, 9.17) is 17.0 Å². The van der Waals surface area contributed by atoms with Gasteiger partial charge in [0.05, 0.1) is 11.4 Å². The zero-order valence-electron chi connectivity index (χ0n) is 16.9. The minimum Gasteiger partial charge on any atom is -0.489 e. The Balaban J connectivity index is 1.39. The van der Waals surface area contributed by atoms with Gasteiger partial charge in [0.2, 0.25) is 0 Å². The molecule has 1 aliphatic rings. The van der Waals surface area contributed by atoms with Crippen LogP contribution in [0.5, 0.6) is 5.75 Å². The Hall–Kier alpha value is -2.16. The number of thiocarbonyl (C=S) groups is 1. The summed E-state index contributed by atoms with van der Waals surface area (Å²) in [5.41, 5.74) is 4.33. The van der Waals surface area contributed by atoms with E-state index in [0.29, 0.717) is 22.4 Å². The van der Waals surface area contributed by atoms with E-state index in [2.05, 4.69) is 46.9 Å². The zero-order chi connectivity index (χ0) is 21.8. The second-order valence-corrected chi connectivity index (χ2v) is 10.2. The van der Waals surface area contributed by atoms with Gasteiger partial charge in [0, 0.05) is 3.57 Å². The van der Waals surface area contributed by atoms with Crippen LogP contribution in [0.1, 0.15) is 22.3 Å². The number of amides is 1. The molecule has 0 N–H and O–H groups in total. The Morgan fingerprint density at radius 1 is 0.968 bits per heavy atom. The number of carbonyl (C=O) groups is 1. The molecule has 3 aromatic rings. The van der Waals surface area contributed by atoms with Crippen LogP contribution in [0, 0.1) is 10.5 Å². The molecule has 4 rings (SSSR count). The number of rotatable bonds is 6. The van der Waals surface area contributed by atoms with E-state index in [1.807, 2.05) is 61.5 Å². The minimum atomic E-state index is -0.0467. The van der Waals surface area contributed by atoms with Crippen LogP contribution in [0.2, 0.25) is 0 Å². The predicted molar refractivity (Wildman–Crippen MR) is 140 cm³/mol. The molecule has 0 saturated carbocycles. The van der Waals surface area contributed by atoms with Crippen molar-refractivity contribution in [1.82, 2.24) is 4.90 Å². The first-order chi connectivity index (χ1) is 15.0. The van der Waals surface area contributed by atoms with Crippen LogP contribution in [0.25, 0.3) is 6.08 Å². The Labute approximate surface area is 205 Å². The van der Waals surface area contributed by atoms with E-state index >= 15 is 0 Å². The van der Waals surface area contributed by atoms with Gasteiger partial charge in [-0.1, -0.05) is 78.1 Å². The van der Waals surface area contributed by atoms with Crippen molar-refractivity contribution in [3.63, 3.8) is 0 Å². The smallest absolute Gasteiger partial charge is 0.266 e. The average molecular weight is 557 g/mol. The van der Waals surface area contributed by atoms with Crippen molar-refractivity contribution < 1.29 is 9.53 Å². The van der Waals surface area contributed by atoms with Crippen LogP contribution in [0.3, 0.4) is 0 Å². The van der Waals surface area contributed by atoms with Gasteiger partial charge in [-0.15, -0.1) is 0 Å². The molecule has 0 radical (unpaired) electrons. The molecule has 0 bridgehead atoms. The Kier molecular flexibility index (Phi) is 7.09. The summed E-state index contributed by atoms with van der Waals surface area (Å²) in [6.45, 7) is 3.06. The fraction of sp³-hybridized carbons (Fsp3) is 0.120. The first kappa shape index (κ1) is 22.0. The molecule has 3 aromatic carbocycles. The number of nitrogens with zero attached hydrogens (tertiary/aromatic N) is 1. The van der Waals surface area contributed by atoms with Crippen molar-refractivity contribution in [3.8, 4) is 5.75 Å². The normalized spacial score (nSPS) is 15.0. The van der Waals surface area contributed by atoms with Crippen molar-refractivity contribution in [3.05, 3.63) is 104 Å².